The first kappa shape index (κ1) is 9.19. The van der Waals surface area contributed by atoms with E-state index < -0.39 is 0 Å². The number of carbonyl (C=O) groups excluding carboxylic acids is 1. The number of carbonyl (C=O) groups is 1. The van der Waals surface area contributed by atoms with Gasteiger partial charge in [0.25, 0.3) is 0 Å². The Morgan fingerprint density at radius 3 is 3.14 bits per heavy atom. The van der Waals surface area contributed by atoms with Crippen molar-refractivity contribution in [1.29, 1.82) is 0 Å². The molecule has 0 saturated carbocycles. The van der Waals surface area contributed by atoms with Gasteiger partial charge in [-0.05, 0) is 37.3 Å². The van der Waals surface area contributed by atoms with E-state index in [-0.39, 0.29) is 11.8 Å². The van der Waals surface area contributed by atoms with E-state index in [4.69, 9.17) is 5.73 Å². The van der Waals surface area contributed by atoms with Gasteiger partial charge in [-0.15, -0.1) is 0 Å². The number of hydrogen-bond donors (Lipinski definition) is 1. The van der Waals surface area contributed by atoms with Gasteiger partial charge in [-0.2, -0.15) is 0 Å². The molecule has 3 heteroatoms. The SMILES string of the molecule is Cc1cnc2c(c1)CCC[C@@H]2C(N)=O. The van der Waals surface area contributed by atoms with Crippen LogP contribution in [0.2, 0.25) is 0 Å². The predicted octanol–water partition coefficient (Wildman–Crippen LogP) is 1.30. The summed E-state index contributed by atoms with van der Waals surface area (Å²) in [6.07, 6.45) is 4.71. The third kappa shape index (κ3) is 1.50. The Morgan fingerprint density at radius 2 is 2.43 bits per heavy atom. The van der Waals surface area contributed by atoms with Gasteiger partial charge < -0.3 is 5.73 Å². The van der Waals surface area contributed by atoms with Crippen LogP contribution in [-0.4, -0.2) is 10.9 Å². The van der Waals surface area contributed by atoms with Crippen LogP contribution in [0, 0.1) is 6.92 Å². The zero-order valence-corrected chi connectivity index (χ0v) is 8.29. The molecule has 1 heterocycles. The van der Waals surface area contributed by atoms with Gasteiger partial charge in [0.15, 0.2) is 0 Å². The molecule has 1 aromatic rings. The Labute approximate surface area is 83.3 Å². The van der Waals surface area contributed by atoms with E-state index in [9.17, 15) is 4.79 Å². The first-order valence-electron chi connectivity index (χ1n) is 4.93. The molecule has 0 aromatic carbocycles. The van der Waals surface area contributed by atoms with Crippen LogP contribution in [0.15, 0.2) is 12.3 Å². The molecule has 1 amide bonds. The van der Waals surface area contributed by atoms with E-state index in [1.807, 2.05) is 6.92 Å². The molecular weight excluding hydrogens is 176 g/mol. The van der Waals surface area contributed by atoms with Gasteiger partial charge in [-0.25, -0.2) is 0 Å². The number of hydrogen-bond acceptors (Lipinski definition) is 2. The zero-order valence-electron chi connectivity index (χ0n) is 8.29. The molecule has 1 aliphatic rings. The highest BCUT2D eigenvalue weighted by atomic mass is 16.1. The number of nitrogens with zero attached hydrogens (tertiary/aromatic N) is 1. The topological polar surface area (TPSA) is 56.0 Å². The van der Waals surface area contributed by atoms with Crippen molar-refractivity contribution in [2.24, 2.45) is 5.73 Å². The molecule has 14 heavy (non-hydrogen) atoms. The van der Waals surface area contributed by atoms with Gasteiger partial charge in [0.2, 0.25) is 5.91 Å². The van der Waals surface area contributed by atoms with Crippen molar-refractivity contribution in [3.8, 4) is 0 Å². The first-order valence-corrected chi connectivity index (χ1v) is 4.93. The molecule has 0 radical (unpaired) electrons. The van der Waals surface area contributed by atoms with Crippen molar-refractivity contribution in [2.75, 3.05) is 0 Å². The summed E-state index contributed by atoms with van der Waals surface area (Å²) >= 11 is 0. The number of amides is 1. The average molecular weight is 190 g/mol. The normalized spacial score (nSPS) is 20.2. The third-order valence-corrected chi connectivity index (χ3v) is 2.75. The standard InChI is InChI=1S/C11H14N2O/c1-7-5-8-3-2-4-9(11(12)14)10(8)13-6-7/h5-6,9H,2-4H2,1H3,(H2,12,14)/t9-/m0/s1. The summed E-state index contributed by atoms with van der Waals surface area (Å²) in [7, 11) is 0. The Bertz CT molecular complexity index is 374. The van der Waals surface area contributed by atoms with E-state index in [0.717, 1.165) is 30.5 Å². The van der Waals surface area contributed by atoms with Crippen LogP contribution in [0.25, 0.3) is 0 Å². The second-order valence-corrected chi connectivity index (χ2v) is 3.90. The Balaban J connectivity index is 2.44. The average Bonchev–Trinajstić information content (AvgIpc) is 2.16. The molecule has 1 aliphatic carbocycles. The number of nitrogens with two attached hydrogens (primary N) is 1. The summed E-state index contributed by atoms with van der Waals surface area (Å²) in [5.74, 6) is -0.415. The van der Waals surface area contributed by atoms with Crippen LogP contribution in [-0.2, 0) is 11.2 Å². The minimum Gasteiger partial charge on any atom is -0.369 e. The minimum absolute atomic E-state index is 0.167. The maximum atomic E-state index is 11.2. The van der Waals surface area contributed by atoms with Gasteiger partial charge in [-0.1, -0.05) is 6.07 Å². The first-order chi connectivity index (χ1) is 6.68. The van der Waals surface area contributed by atoms with Gasteiger partial charge in [-0.3, -0.25) is 9.78 Å². The van der Waals surface area contributed by atoms with Crippen molar-refractivity contribution in [1.82, 2.24) is 4.98 Å². The van der Waals surface area contributed by atoms with Gasteiger partial charge in [0, 0.05) is 6.20 Å². The third-order valence-electron chi connectivity index (χ3n) is 2.75. The van der Waals surface area contributed by atoms with Crippen LogP contribution in [0.5, 0.6) is 0 Å². The lowest BCUT2D eigenvalue weighted by atomic mass is 9.86. The summed E-state index contributed by atoms with van der Waals surface area (Å²) in [4.78, 5) is 15.5. The molecule has 0 fully saturated rings. The number of aromatic nitrogens is 1. The molecule has 74 valence electrons. The lowest BCUT2D eigenvalue weighted by Gasteiger charge is -2.21. The molecule has 3 nitrogen and oxygen atoms in total. The summed E-state index contributed by atoms with van der Waals surface area (Å²) < 4.78 is 0. The number of primary amides is 1. The maximum absolute atomic E-state index is 11.2. The number of rotatable bonds is 1. The van der Waals surface area contributed by atoms with Crippen molar-refractivity contribution in [3.63, 3.8) is 0 Å². The monoisotopic (exact) mass is 190 g/mol. The molecule has 0 bridgehead atoms. The summed E-state index contributed by atoms with van der Waals surface area (Å²) in [6.45, 7) is 2.02. The number of fused-ring (bicyclic) bond motifs is 1. The summed E-state index contributed by atoms with van der Waals surface area (Å²) in [5, 5.41) is 0. The van der Waals surface area contributed by atoms with Gasteiger partial charge >= 0.3 is 0 Å². The van der Waals surface area contributed by atoms with E-state index in [1.54, 1.807) is 6.20 Å². The predicted molar refractivity (Wildman–Crippen MR) is 53.8 cm³/mol. The molecule has 1 atom stereocenters. The van der Waals surface area contributed by atoms with Gasteiger partial charge in [0.05, 0.1) is 11.6 Å². The largest absolute Gasteiger partial charge is 0.369 e. The number of pyridine rings is 1. The van der Waals surface area contributed by atoms with Crippen LogP contribution < -0.4 is 5.73 Å². The van der Waals surface area contributed by atoms with Crippen molar-refractivity contribution in [3.05, 3.63) is 29.1 Å². The van der Waals surface area contributed by atoms with Crippen LogP contribution in [0.4, 0.5) is 0 Å². The zero-order chi connectivity index (χ0) is 10.1. The second-order valence-electron chi connectivity index (χ2n) is 3.90. The fourth-order valence-electron chi connectivity index (χ4n) is 2.06. The highest BCUT2D eigenvalue weighted by Gasteiger charge is 2.25. The molecular formula is C11H14N2O. The molecule has 1 aromatic heterocycles. The Morgan fingerprint density at radius 1 is 1.64 bits per heavy atom. The van der Waals surface area contributed by atoms with E-state index >= 15 is 0 Å². The van der Waals surface area contributed by atoms with Crippen molar-refractivity contribution in [2.45, 2.75) is 32.1 Å². The lowest BCUT2D eigenvalue weighted by molar-refractivity contribution is -0.119. The maximum Gasteiger partial charge on any atom is 0.226 e. The molecule has 2 N–H and O–H groups in total. The summed E-state index contributed by atoms with van der Waals surface area (Å²) in [6, 6.07) is 2.11. The molecule has 0 aliphatic heterocycles. The highest BCUT2D eigenvalue weighted by Crippen LogP contribution is 2.29. The summed E-state index contributed by atoms with van der Waals surface area (Å²) in [5.41, 5.74) is 8.58. The fourth-order valence-corrected chi connectivity index (χ4v) is 2.06. The smallest absolute Gasteiger partial charge is 0.226 e. The molecule has 0 unspecified atom stereocenters. The van der Waals surface area contributed by atoms with Gasteiger partial charge in [0.1, 0.15) is 0 Å². The van der Waals surface area contributed by atoms with E-state index in [1.165, 1.54) is 5.56 Å². The fraction of sp³-hybridized carbons (Fsp3) is 0.455. The van der Waals surface area contributed by atoms with Crippen LogP contribution in [0.1, 0.15) is 35.6 Å². The highest BCUT2D eigenvalue weighted by molar-refractivity contribution is 5.82. The molecule has 0 spiro atoms. The van der Waals surface area contributed by atoms with Crippen molar-refractivity contribution >= 4 is 5.91 Å². The molecule has 0 saturated heterocycles. The van der Waals surface area contributed by atoms with E-state index in [2.05, 4.69) is 11.1 Å². The number of aryl methyl sites for hydroxylation is 2. The van der Waals surface area contributed by atoms with E-state index in [0.29, 0.717) is 0 Å². The Hall–Kier alpha value is -1.38. The quantitative estimate of drug-likeness (QED) is 0.725. The van der Waals surface area contributed by atoms with Crippen molar-refractivity contribution < 1.29 is 4.79 Å². The minimum atomic E-state index is -0.248. The lowest BCUT2D eigenvalue weighted by Crippen LogP contribution is -2.26. The van der Waals surface area contributed by atoms with Crippen LogP contribution in [0.3, 0.4) is 0 Å². The Kier molecular flexibility index (Phi) is 2.23. The molecule has 2 rings (SSSR count). The second kappa shape index (κ2) is 3.40. The van der Waals surface area contributed by atoms with Crippen LogP contribution >= 0.6 is 0 Å².